The van der Waals surface area contributed by atoms with Crippen LogP contribution in [0.4, 0.5) is 5.69 Å². The van der Waals surface area contributed by atoms with E-state index in [1.165, 1.54) is 23.4 Å². The van der Waals surface area contributed by atoms with Gasteiger partial charge in [0.15, 0.2) is 0 Å². The molecule has 1 aromatic carbocycles. The maximum atomic E-state index is 5.14. The SMILES string of the molecule is COCc1cccc(NC2CSC(C)C2)c1. The van der Waals surface area contributed by atoms with E-state index in [0.29, 0.717) is 12.6 Å². The predicted octanol–water partition coefficient (Wildman–Crippen LogP) is 3.14. The second-order valence-corrected chi connectivity index (χ2v) is 5.83. The number of nitrogens with one attached hydrogen (secondary N) is 1. The van der Waals surface area contributed by atoms with Crippen molar-refractivity contribution in [2.24, 2.45) is 0 Å². The molecule has 1 aromatic rings. The van der Waals surface area contributed by atoms with Crippen molar-refractivity contribution in [1.29, 1.82) is 0 Å². The summed E-state index contributed by atoms with van der Waals surface area (Å²) in [5.41, 5.74) is 2.44. The molecule has 0 radical (unpaired) electrons. The molecule has 2 unspecified atom stereocenters. The maximum absolute atomic E-state index is 5.14. The van der Waals surface area contributed by atoms with Crippen LogP contribution in [0.3, 0.4) is 0 Å². The Balaban J connectivity index is 1.95. The minimum absolute atomic E-state index is 0.623. The third kappa shape index (κ3) is 3.16. The van der Waals surface area contributed by atoms with Gasteiger partial charge in [0.2, 0.25) is 0 Å². The fourth-order valence-electron chi connectivity index (χ4n) is 2.07. The summed E-state index contributed by atoms with van der Waals surface area (Å²) >= 11 is 2.05. The zero-order valence-electron chi connectivity index (χ0n) is 9.90. The molecule has 1 aliphatic heterocycles. The first-order valence-corrected chi connectivity index (χ1v) is 6.79. The van der Waals surface area contributed by atoms with E-state index in [1.807, 2.05) is 0 Å². The van der Waals surface area contributed by atoms with E-state index in [9.17, 15) is 0 Å². The Bertz CT molecular complexity index is 342. The number of anilines is 1. The highest BCUT2D eigenvalue weighted by Crippen LogP contribution is 2.28. The van der Waals surface area contributed by atoms with Gasteiger partial charge in [0.1, 0.15) is 0 Å². The van der Waals surface area contributed by atoms with E-state index >= 15 is 0 Å². The highest BCUT2D eigenvalue weighted by molar-refractivity contribution is 8.00. The van der Waals surface area contributed by atoms with Gasteiger partial charge in [0.05, 0.1) is 6.61 Å². The fraction of sp³-hybridized carbons (Fsp3) is 0.538. The van der Waals surface area contributed by atoms with Crippen molar-refractivity contribution >= 4 is 17.4 Å². The Labute approximate surface area is 102 Å². The average molecular weight is 237 g/mol. The molecule has 1 fully saturated rings. The van der Waals surface area contributed by atoms with Crippen LogP contribution in [0.1, 0.15) is 18.9 Å². The molecular weight excluding hydrogens is 218 g/mol. The summed E-state index contributed by atoms with van der Waals surface area (Å²) in [4.78, 5) is 0. The van der Waals surface area contributed by atoms with Gasteiger partial charge in [-0.15, -0.1) is 0 Å². The second-order valence-electron chi connectivity index (χ2n) is 4.35. The highest BCUT2D eigenvalue weighted by atomic mass is 32.2. The van der Waals surface area contributed by atoms with Crippen molar-refractivity contribution < 1.29 is 4.74 Å². The fourth-order valence-corrected chi connectivity index (χ4v) is 3.22. The predicted molar refractivity (Wildman–Crippen MR) is 71.1 cm³/mol. The molecule has 1 heterocycles. The van der Waals surface area contributed by atoms with Crippen molar-refractivity contribution in [2.45, 2.75) is 31.2 Å². The first-order chi connectivity index (χ1) is 7.78. The quantitative estimate of drug-likeness (QED) is 0.869. The van der Waals surface area contributed by atoms with Crippen molar-refractivity contribution in [1.82, 2.24) is 0 Å². The van der Waals surface area contributed by atoms with E-state index < -0.39 is 0 Å². The number of hydrogen-bond acceptors (Lipinski definition) is 3. The Morgan fingerprint density at radius 1 is 1.50 bits per heavy atom. The monoisotopic (exact) mass is 237 g/mol. The van der Waals surface area contributed by atoms with Crippen LogP contribution in [0.25, 0.3) is 0 Å². The molecule has 1 N–H and O–H groups in total. The van der Waals surface area contributed by atoms with Gasteiger partial charge in [-0.3, -0.25) is 0 Å². The molecule has 16 heavy (non-hydrogen) atoms. The smallest absolute Gasteiger partial charge is 0.0713 e. The molecule has 2 atom stereocenters. The van der Waals surface area contributed by atoms with Crippen LogP contribution >= 0.6 is 11.8 Å². The van der Waals surface area contributed by atoms with Crippen LogP contribution in [-0.2, 0) is 11.3 Å². The van der Waals surface area contributed by atoms with Crippen LogP contribution in [-0.4, -0.2) is 24.2 Å². The summed E-state index contributed by atoms with van der Waals surface area (Å²) < 4.78 is 5.14. The zero-order valence-corrected chi connectivity index (χ0v) is 10.7. The lowest BCUT2D eigenvalue weighted by Gasteiger charge is -2.14. The third-order valence-corrected chi connectivity index (χ3v) is 4.16. The topological polar surface area (TPSA) is 21.3 Å². The molecular formula is C13H19NOS. The maximum Gasteiger partial charge on any atom is 0.0713 e. The summed E-state index contributed by atoms with van der Waals surface area (Å²) in [7, 11) is 1.73. The lowest BCUT2D eigenvalue weighted by molar-refractivity contribution is 0.185. The molecule has 2 nitrogen and oxygen atoms in total. The lowest BCUT2D eigenvalue weighted by atomic mass is 10.1. The molecule has 0 saturated carbocycles. The highest BCUT2D eigenvalue weighted by Gasteiger charge is 2.21. The number of ether oxygens (including phenoxy) is 1. The summed E-state index contributed by atoms with van der Waals surface area (Å²) in [5, 5.41) is 4.39. The number of hydrogen-bond donors (Lipinski definition) is 1. The Hall–Kier alpha value is -0.670. The van der Waals surface area contributed by atoms with Crippen LogP contribution in [0, 0.1) is 0 Å². The molecule has 0 spiro atoms. The average Bonchev–Trinajstić information content (AvgIpc) is 2.65. The normalized spacial score (nSPS) is 24.6. The van der Waals surface area contributed by atoms with Gasteiger partial charge in [-0.2, -0.15) is 11.8 Å². The molecule has 3 heteroatoms. The minimum Gasteiger partial charge on any atom is -0.381 e. The third-order valence-electron chi connectivity index (χ3n) is 2.81. The van der Waals surface area contributed by atoms with Gasteiger partial charge in [-0.05, 0) is 24.1 Å². The molecule has 1 saturated heterocycles. The molecule has 1 aliphatic rings. The molecule has 0 aromatic heterocycles. The zero-order chi connectivity index (χ0) is 11.4. The standard InChI is InChI=1S/C13H19NOS/c1-10-6-13(9-16-10)14-12-5-3-4-11(7-12)8-15-2/h3-5,7,10,13-14H,6,8-9H2,1-2H3. The number of thioether (sulfide) groups is 1. The number of methoxy groups -OCH3 is 1. The van der Waals surface area contributed by atoms with E-state index in [2.05, 4.69) is 48.3 Å². The Kier molecular flexibility index (Phi) is 4.13. The van der Waals surface area contributed by atoms with Gasteiger partial charge in [-0.1, -0.05) is 19.1 Å². The lowest BCUT2D eigenvalue weighted by Crippen LogP contribution is -2.18. The van der Waals surface area contributed by atoms with E-state index in [-0.39, 0.29) is 0 Å². The summed E-state index contributed by atoms with van der Waals surface area (Å²) in [6, 6.07) is 9.12. The van der Waals surface area contributed by atoms with Crippen molar-refractivity contribution in [3.63, 3.8) is 0 Å². The largest absolute Gasteiger partial charge is 0.381 e. The molecule has 2 rings (SSSR count). The van der Waals surface area contributed by atoms with Crippen LogP contribution in [0.2, 0.25) is 0 Å². The van der Waals surface area contributed by atoms with Crippen LogP contribution < -0.4 is 5.32 Å². The summed E-state index contributed by atoms with van der Waals surface area (Å²) in [6.45, 7) is 2.99. The molecule has 0 amide bonds. The first-order valence-electron chi connectivity index (χ1n) is 5.74. The summed E-state index contributed by atoms with van der Waals surface area (Å²) in [6.07, 6.45) is 1.26. The number of rotatable bonds is 4. The molecule has 88 valence electrons. The minimum atomic E-state index is 0.623. The van der Waals surface area contributed by atoms with Crippen LogP contribution in [0.5, 0.6) is 0 Å². The van der Waals surface area contributed by atoms with E-state index in [0.717, 1.165) is 5.25 Å². The van der Waals surface area contributed by atoms with Gasteiger partial charge < -0.3 is 10.1 Å². The van der Waals surface area contributed by atoms with E-state index in [1.54, 1.807) is 7.11 Å². The van der Waals surface area contributed by atoms with Crippen molar-refractivity contribution in [3.8, 4) is 0 Å². The molecule has 0 aliphatic carbocycles. The first kappa shape index (κ1) is 11.8. The van der Waals surface area contributed by atoms with Crippen molar-refractivity contribution in [3.05, 3.63) is 29.8 Å². The van der Waals surface area contributed by atoms with E-state index in [4.69, 9.17) is 4.74 Å². The van der Waals surface area contributed by atoms with Gasteiger partial charge in [-0.25, -0.2) is 0 Å². The van der Waals surface area contributed by atoms with Gasteiger partial charge in [0.25, 0.3) is 0 Å². The second kappa shape index (κ2) is 5.60. The van der Waals surface area contributed by atoms with Crippen LogP contribution in [0.15, 0.2) is 24.3 Å². The van der Waals surface area contributed by atoms with Gasteiger partial charge >= 0.3 is 0 Å². The Morgan fingerprint density at radius 2 is 2.38 bits per heavy atom. The molecule has 0 bridgehead atoms. The van der Waals surface area contributed by atoms with Crippen molar-refractivity contribution in [2.75, 3.05) is 18.2 Å². The Morgan fingerprint density at radius 3 is 3.06 bits per heavy atom. The summed E-state index contributed by atoms with van der Waals surface area (Å²) in [5.74, 6) is 1.22. The van der Waals surface area contributed by atoms with Gasteiger partial charge in [0, 0.05) is 29.8 Å². The number of benzene rings is 1.